The number of carbonyl (C=O) groups excluding carboxylic acids is 1. The molecule has 3 aromatic carbocycles. The fraction of sp³-hybridized carbons (Fsp3) is 0.154. The first-order chi connectivity index (χ1) is 14.9. The van der Waals surface area contributed by atoms with Crippen molar-refractivity contribution in [2.75, 3.05) is 0 Å². The van der Waals surface area contributed by atoms with Crippen molar-refractivity contribution in [3.8, 4) is 5.75 Å². The first kappa shape index (κ1) is 19.1. The maximum atomic E-state index is 13.6. The fourth-order valence-corrected chi connectivity index (χ4v) is 4.46. The Balaban J connectivity index is 1.77. The number of rotatable bonds is 3. The van der Waals surface area contributed by atoms with Crippen LogP contribution in [-0.4, -0.2) is 15.9 Å². The van der Waals surface area contributed by atoms with E-state index in [1.807, 2.05) is 56.3 Å². The Kier molecular flexibility index (Phi) is 4.40. The number of aromatic hydroxyl groups is 1. The van der Waals surface area contributed by atoms with Crippen molar-refractivity contribution >= 4 is 16.9 Å². The maximum Gasteiger partial charge on any atom is 0.291 e. The van der Waals surface area contributed by atoms with Crippen LogP contribution in [0.5, 0.6) is 5.75 Å². The molecule has 2 heterocycles. The van der Waals surface area contributed by atoms with E-state index in [1.165, 1.54) is 0 Å². The monoisotopic (exact) mass is 411 g/mol. The standard InChI is InChI=1S/C26H21NO4/c1-15-11-16(2)24-20(12-15)23(29)21-22(18-9-6-10-19(28)13-18)27(26(30)25(21)31-24)14-17-7-4-3-5-8-17/h3-13,22,28H,14H2,1-2H3. The summed E-state index contributed by atoms with van der Waals surface area (Å²) in [5.41, 5.74) is 3.94. The van der Waals surface area contributed by atoms with Crippen molar-refractivity contribution < 1.29 is 14.3 Å². The molecule has 1 aliphatic rings. The van der Waals surface area contributed by atoms with Gasteiger partial charge in [-0.05, 0) is 54.3 Å². The van der Waals surface area contributed by atoms with E-state index in [4.69, 9.17) is 4.42 Å². The van der Waals surface area contributed by atoms with Crippen LogP contribution in [0.15, 0.2) is 75.9 Å². The zero-order valence-corrected chi connectivity index (χ0v) is 17.3. The largest absolute Gasteiger partial charge is 0.508 e. The zero-order chi connectivity index (χ0) is 21.7. The quantitative estimate of drug-likeness (QED) is 0.523. The van der Waals surface area contributed by atoms with E-state index in [-0.39, 0.29) is 22.8 Å². The van der Waals surface area contributed by atoms with Crippen LogP contribution in [-0.2, 0) is 6.54 Å². The van der Waals surface area contributed by atoms with Crippen LogP contribution < -0.4 is 5.43 Å². The molecule has 5 nitrogen and oxygen atoms in total. The molecule has 5 heteroatoms. The molecule has 1 amide bonds. The Bertz CT molecular complexity index is 1390. The third-order valence-corrected chi connectivity index (χ3v) is 5.78. The Morgan fingerprint density at radius 1 is 0.968 bits per heavy atom. The molecule has 0 bridgehead atoms. The Morgan fingerprint density at radius 3 is 2.48 bits per heavy atom. The highest BCUT2D eigenvalue weighted by Crippen LogP contribution is 2.40. The molecule has 154 valence electrons. The third kappa shape index (κ3) is 3.10. The Morgan fingerprint density at radius 2 is 1.74 bits per heavy atom. The summed E-state index contributed by atoms with van der Waals surface area (Å²) in [6, 6.07) is 19.4. The summed E-state index contributed by atoms with van der Waals surface area (Å²) in [6.45, 7) is 4.12. The molecule has 0 spiro atoms. The first-order valence-electron chi connectivity index (χ1n) is 10.2. The summed E-state index contributed by atoms with van der Waals surface area (Å²) in [5.74, 6) is -0.171. The van der Waals surface area contributed by atoms with Gasteiger partial charge in [-0.15, -0.1) is 0 Å². The van der Waals surface area contributed by atoms with E-state index < -0.39 is 6.04 Å². The van der Waals surface area contributed by atoms with Gasteiger partial charge in [-0.2, -0.15) is 0 Å². The Hall–Kier alpha value is -3.86. The van der Waals surface area contributed by atoms with Gasteiger partial charge in [-0.25, -0.2) is 0 Å². The second-order valence-electron chi connectivity index (χ2n) is 8.05. The van der Waals surface area contributed by atoms with Gasteiger partial charge in [-0.3, -0.25) is 9.59 Å². The summed E-state index contributed by atoms with van der Waals surface area (Å²) >= 11 is 0. The third-order valence-electron chi connectivity index (χ3n) is 5.78. The SMILES string of the molecule is Cc1cc(C)c2oc3c(c(=O)c2c1)C(c1cccc(O)c1)N(Cc1ccccc1)C3=O. The number of nitrogens with zero attached hydrogens (tertiary/aromatic N) is 1. The molecule has 0 saturated heterocycles. The highest BCUT2D eigenvalue weighted by molar-refractivity contribution is 5.99. The van der Waals surface area contributed by atoms with Crippen molar-refractivity contribution in [3.63, 3.8) is 0 Å². The van der Waals surface area contributed by atoms with Gasteiger partial charge in [0.15, 0.2) is 5.43 Å². The minimum absolute atomic E-state index is 0.0775. The molecule has 0 aliphatic carbocycles. The van der Waals surface area contributed by atoms with Crippen LogP contribution in [0.1, 0.15) is 44.4 Å². The van der Waals surface area contributed by atoms with Crippen LogP contribution in [0.4, 0.5) is 0 Å². The molecule has 4 aromatic rings. The van der Waals surface area contributed by atoms with E-state index in [0.29, 0.717) is 28.6 Å². The van der Waals surface area contributed by atoms with Gasteiger partial charge < -0.3 is 14.4 Å². The summed E-state index contributed by atoms with van der Waals surface area (Å²) in [6.07, 6.45) is 0. The van der Waals surface area contributed by atoms with Crippen molar-refractivity contribution in [2.45, 2.75) is 26.4 Å². The van der Waals surface area contributed by atoms with Crippen molar-refractivity contribution in [3.05, 3.63) is 111 Å². The van der Waals surface area contributed by atoms with Crippen LogP contribution in [0.3, 0.4) is 0 Å². The smallest absolute Gasteiger partial charge is 0.291 e. The Labute approximate surface area is 179 Å². The average molecular weight is 411 g/mol. The van der Waals surface area contributed by atoms with Crippen LogP contribution in [0.2, 0.25) is 0 Å². The molecule has 0 saturated carbocycles. The van der Waals surface area contributed by atoms with Crippen LogP contribution >= 0.6 is 0 Å². The summed E-state index contributed by atoms with van der Waals surface area (Å²) in [7, 11) is 0. The molecule has 5 rings (SSSR count). The number of benzene rings is 3. The predicted molar refractivity (Wildman–Crippen MR) is 118 cm³/mol. The second kappa shape index (κ2) is 7.13. The molecule has 1 N–H and O–H groups in total. The van der Waals surface area contributed by atoms with Crippen molar-refractivity contribution in [1.82, 2.24) is 4.90 Å². The minimum atomic E-state index is -0.642. The number of fused-ring (bicyclic) bond motifs is 2. The zero-order valence-electron chi connectivity index (χ0n) is 17.3. The summed E-state index contributed by atoms with van der Waals surface area (Å²) in [4.78, 5) is 28.7. The van der Waals surface area contributed by atoms with Gasteiger partial charge in [0.05, 0.1) is 17.0 Å². The van der Waals surface area contributed by atoms with Crippen LogP contribution in [0, 0.1) is 13.8 Å². The van der Waals surface area contributed by atoms with E-state index in [9.17, 15) is 14.7 Å². The number of aryl methyl sites for hydroxylation is 2. The van der Waals surface area contributed by atoms with Crippen molar-refractivity contribution in [1.29, 1.82) is 0 Å². The van der Waals surface area contributed by atoms with E-state index in [2.05, 4.69) is 0 Å². The van der Waals surface area contributed by atoms with Crippen molar-refractivity contribution in [2.24, 2.45) is 0 Å². The molecule has 1 aromatic heterocycles. The van der Waals surface area contributed by atoms with Crippen LogP contribution in [0.25, 0.3) is 11.0 Å². The van der Waals surface area contributed by atoms with E-state index in [0.717, 1.165) is 16.7 Å². The lowest BCUT2D eigenvalue weighted by molar-refractivity contribution is 0.0714. The number of amides is 1. The van der Waals surface area contributed by atoms with Gasteiger partial charge in [-0.1, -0.05) is 48.5 Å². The second-order valence-corrected chi connectivity index (χ2v) is 8.05. The molecule has 1 aliphatic heterocycles. The molecular formula is C26H21NO4. The number of hydrogen-bond donors (Lipinski definition) is 1. The molecule has 1 unspecified atom stereocenters. The molecule has 1 atom stereocenters. The number of carbonyl (C=O) groups is 1. The molecule has 0 fully saturated rings. The maximum absolute atomic E-state index is 13.6. The minimum Gasteiger partial charge on any atom is -0.508 e. The normalized spacial score (nSPS) is 15.5. The van der Waals surface area contributed by atoms with Gasteiger partial charge in [0, 0.05) is 6.54 Å². The van der Waals surface area contributed by atoms with E-state index >= 15 is 0 Å². The number of phenolic OH excluding ortho intramolecular Hbond substituents is 1. The van der Waals surface area contributed by atoms with Gasteiger partial charge in [0.2, 0.25) is 5.76 Å². The molecule has 0 radical (unpaired) electrons. The van der Waals surface area contributed by atoms with Gasteiger partial charge in [0.1, 0.15) is 11.3 Å². The highest BCUT2D eigenvalue weighted by atomic mass is 16.3. The molecule has 31 heavy (non-hydrogen) atoms. The van der Waals surface area contributed by atoms with E-state index in [1.54, 1.807) is 29.2 Å². The lowest BCUT2D eigenvalue weighted by atomic mass is 9.97. The highest BCUT2D eigenvalue weighted by Gasteiger charge is 2.42. The number of phenols is 1. The summed E-state index contributed by atoms with van der Waals surface area (Å²) < 4.78 is 6.08. The summed E-state index contributed by atoms with van der Waals surface area (Å²) in [5, 5.41) is 10.5. The average Bonchev–Trinajstić information content (AvgIpc) is 3.02. The predicted octanol–water partition coefficient (Wildman–Crippen LogP) is 4.86. The lowest BCUT2D eigenvalue weighted by Gasteiger charge is -2.25. The topological polar surface area (TPSA) is 70.8 Å². The number of hydrogen-bond acceptors (Lipinski definition) is 4. The first-order valence-corrected chi connectivity index (χ1v) is 10.2. The fourth-order valence-electron chi connectivity index (χ4n) is 4.46. The lowest BCUT2D eigenvalue weighted by Crippen LogP contribution is -2.29. The van der Waals surface area contributed by atoms with Gasteiger partial charge >= 0.3 is 0 Å². The van der Waals surface area contributed by atoms with Gasteiger partial charge in [0.25, 0.3) is 5.91 Å². The molecular weight excluding hydrogens is 390 g/mol.